The highest BCUT2D eigenvalue weighted by Gasteiger charge is 2.20. The van der Waals surface area contributed by atoms with Crippen molar-refractivity contribution in [3.8, 4) is 0 Å². The maximum absolute atomic E-state index is 11.5. The summed E-state index contributed by atoms with van der Waals surface area (Å²) in [5.41, 5.74) is 4.04. The second-order valence-electron chi connectivity index (χ2n) is 6.18. The van der Waals surface area contributed by atoms with Gasteiger partial charge in [-0.15, -0.1) is 0 Å². The van der Waals surface area contributed by atoms with Crippen molar-refractivity contribution in [2.45, 2.75) is 26.4 Å². The lowest BCUT2D eigenvalue weighted by molar-refractivity contribution is -0.115. The number of rotatable bonds is 3. The smallest absolute Gasteiger partial charge is 0.224 e. The average Bonchev–Trinajstić information content (AvgIpc) is 2.98. The zero-order chi connectivity index (χ0) is 17.4. The van der Waals surface area contributed by atoms with Crippen molar-refractivity contribution < 1.29 is 4.79 Å². The summed E-state index contributed by atoms with van der Waals surface area (Å²) in [7, 11) is 0. The van der Waals surface area contributed by atoms with Crippen molar-refractivity contribution in [2.24, 2.45) is 0 Å². The van der Waals surface area contributed by atoms with Crippen molar-refractivity contribution in [3.05, 3.63) is 53.3 Å². The van der Waals surface area contributed by atoms with Crippen LogP contribution in [0.4, 0.5) is 11.4 Å². The monoisotopic (exact) mass is 354 g/mol. The minimum atomic E-state index is 0.0260. The fourth-order valence-electron chi connectivity index (χ4n) is 3.22. The molecule has 1 aromatic heterocycles. The number of nitrogens with zero attached hydrogens (tertiary/aromatic N) is 3. The SMILES string of the molecule is CCC(=O)Nc1ccc(N2CCn3c(nc4cc(Cl)ccc43)C2)cc1. The van der Waals surface area contributed by atoms with Crippen molar-refractivity contribution in [1.82, 2.24) is 9.55 Å². The molecule has 0 unspecified atom stereocenters. The number of halogens is 1. The third-order valence-corrected chi connectivity index (χ3v) is 4.79. The Kier molecular flexibility index (Phi) is 4.09. The molecule has 3 aromatic rings. The van der Waals surface area contributed by atoms with Crippen LogP contribution in [0.2, 0.25) is 5.02 Å². The number of nitrogens with one attached hydrogen (secondary N) is 1. The molecule has 0 saturated heterocycles. The van der Waals surface area contributed by atoms with Crippen LogP contribution < -0.4 is 10.2 Å². The van der Waals surface area contributed by atoms with E-state index in [4.69, 9.17) is 16.6 Å². The number of imidazole rings is 1. The molecule has 0 radical (unpaired) electrons. The van der Waals surface area contributed by atoms with E-state index in [1.54, 1.807) is 0 Å². The summed E-state index contributed by atoms with van der Waals surface area (Å²) >= 11 is 6.08. The van der Waals surface area contributed by atoms with Crippen LogP contribution in [-0.2, 0) is 17.9 Å². The molecule has 0 saturated carbocycles. The van der Waals surface area contributed by atoms with Crippen molar-refractivity contribution in [1.29, 1.82) is 0 Å². The summed E-state index contributed by atoms with van der Waals surface area (Å²) in [6, 6.07) is 13.8. The van der Waals surface area contributed by atoms with Gasteiger partial charge in [-0.05, 0) is 42.5 Å². The lowest BCUT2D eigenvalue weighted by Crippen LogP contribution is -2.33. The molecule has 1 amide bonds. The minimum Gasteiger partial charge on any atom is -0.362 e. The topological polar surface area (TPSA) is 50.2 Å². The van der Waals surface area contributed by atoms with Crippen LogP contribution in [0.5, 0.6) is 0 Å². The van der Waals surface area contributed by atoms with Gasteiger partial charge < -0.3 is 14.8 Å². The molecular weight excluding hydrogens is 336 g/mol. The number of fused-ring (bicyclic) bond motifs is 3. The molecule has 4 rings (SSSR count). The molecule has 6 heteroatoms. The van der Waals surface area contributed by atoms with Crippen LogP contribution in [0.25, 0.3) is 11.0 Å². The summed E-state index contributed by atoms with van der Waals surface area (Å²) in [5, 5.41) is 3.59. The first kappa shape index (κ1) is 16.0. The summed E-state index contributed by atoms with van der Waals surface area (Å²) in [5.74, 6) is 1.07. The molecule has 25 heavy (non-hydrogen) atoms. The standard InChI is InChI=1S/C19H19ClN4O/c1-2-19(25)21-14-4-6-15(7-5-14)23-9-10-24-17-8-3-13(20)11-16(17)22-18(24)12-23/h3-8,11H,2,9-10,12H2,1H3,(H,21,25). The number of benzene rings is 2. The summed E-state index contributed by atoms with van der Waals surface area (Å²) < 4.78 is 2.26. The van der Waals surface area contributed by atoms with Gasteiger partial charge >= 0.3 is 0 Å². The van der Waals surface area contributed by atoms with Crippen LogP contribution in [0, 0.1) is 0 Å². The lowest BCUT2D eigenvalue weighted by atomic mass is 10.2. The third-order valence-electron chi connectivity index (χ3n) is 4.55. The van der Waals surface area contributed by atoms with Gasteiger partial charge in [0, 0.05) is 35.9 Å². The average molecular weight is 355 g/mol. The first-order chi connectivity index (χ1) is 12.1. The molecule has 0 fully saturated rings. The molecule has 0 aliphatic carbocycles. The van der Waals surface area contributed by atoms with Crippen LogP contribution in [-0.4, -0.2) is 22.0 Å². The van der Waals surface area contributed by atoms with E-state index in [0.717, 1.165) is 47.9 Å². The molecule has 128 valence electrons. The molecule has 1 aliphatic heterocycles. The number of anilines is 2. The van der Waals surface area contributed by atoms with Gasteiger partial charge in [-0.3, -0.25) is 4.79 Å². The first-order valence-electron chi connectivity index (χ1n) is 8.43. The molecule has 0 atom stereocenters. The summed E-state index contributed by atoms with van der Waals surface area (Å²) in [6.45, 7) is 4.41. The van der Waals surface area contributed by atoms with Gasteiger partial charge in [0.05, 0.1) is 17.6 Å². The molecule has 1 aliphatic rings. The highest BCUT2D eigenvalue weighted by atomic mass is 35.5. The molecule has 2 aromatic carbocycles. The van der Waals surface area contributed by atoms with E-state index < -0.39 is 0 Å². The number of aromatic nitrogens is 2. The van der Waals surface area contributed by atoms with Gasteiger partial charge in [-0.1, -0.05) is 18.5 Å². The van der Waals surface area contributed by atoms with E-state index in [1.165, 1.54) is 0 Å². The zero-order valence-corrected chi connectivity index (χ0v) is 14.8. The van der Waals surface area contributed by atoms with Gasteiger partial charge in [0.25, 0.3) is 0 Å². The van der Waals surface area contributed by atoms with Gasteiger partial charge in [0.15, 0.2) is 0 Å². The molecule has 0 spiro atoms. The van der Waals surface area contributed by atoms with Crippen LogP contribution in [0.3, 0.4) is 0 Å². The van der Waals surface area contributed by atoms with E-state index >= 15 is 0 Å². The van der Waals surface area contributed by atoms with Gasteiger partial charge in [-0.2, -0.15) is 0 Å². The Balaban J connectivity index is 1.56. The minimum absolute atomic E-state index is 0.0260. The summed E-state index contributed by atoms with van der Waals surface area (Å²) in [6.07, 6.45) is 0.480. The molecule has 0 bridgehead atoms. The Morgan fingerprint density at radius 1 is 1.20 bits per heavy atom. The fourth-order valence-corrected chi connectivity index (χ4v) is 3.39. The Bertz CT molecular complexity index is 932. The van der Waals surface area contributed by atoms with E-state index in [1.807, 2.05) is 49.4 Å². The van der Waals surface area contributed by atoms with Crippen LogP contribution in [0.1, 0.15) is 19.2 Å². The highest BCUT2D eigenvalue weighted by molar-refractivity contribution is 6.31. The Labute approximate surface area is 151 Å². The van der Waals surface area contributed by atoms with Crippen molar-refractivity contribution >= 4 is 39.9 Å². The molecule has 5 nitrogen and oxygen atoms in total. The maximum Gasteiger partial charge on any atom is 0.224 e. The molecular formula is C19H19ClN4O. The quantitative estimate of drug-likeness (QED) is 0.771. The number of hydrogen-bond donors (Lipinski definition) is 1. The van der Waals surface area contributed by atoms with E-state index in [9.17, 15) is 4.79 Å². The van der Waals surface area contributed by atoms with Crippen molar-refractivity contribution in [3.63, 3.8) is 0 Å². The number of carbonyl (C=O) groups is 1. The molecule has 1 N–H and O–H groups in total. The van der Waals surface area contributed by atoms with Gasteiger partial charge in [-0.25, -0.2) is 4.98 Å². The van der Waals surface area contributed by atoms with Crippen molar-refractivity contribution in [2.75, 3.05) is 16.8 Å². The van der Waals surface area contributed by atoms with Gasteiger partial charge in [0.1, 0.15) is 5.82 Å². The first-order valence-corrected chi connectivity index (χ1v) is 8.81. The van der Waals surface area contributed by atoms with Crippen LogP contribution in [0.15, 0.2) is 42.5 Å². The van der Waals surface area contributed by atoms with E-state index in [2.05, 4.69) is 14.8 Å². The fraction of sp³-hybridized carbons (Fsp3) is 0.263. The predicted octanol–water partition coefficient (Wildman–Crippen LogP) is 4.06. The predicted molar refractivity (Wildman–Crippen MR) is 101 cm³/mol. The lowest BCUT2D eigenvalue weighted by Gasteiger charge is -2.30. The molecule has 2 heterocycles. The van der Waals surface area contributed by atoms with Gasteiger partial charge in [0.2, 0.25) is 5.91 Å². The summed E-state index contributed by atoms with van der Waals surface area (Å²) in [4.78, 5) is 18.5. The highest BCUT2D eigenvalue weighted by Crippen LogP contribution is 2.27. The maximum atomic E-state index is 11.5. The number of carbonyl (C=O) groups excluding carboxylic acids is 1. The number of hydrogen-bond acceptors (Lipinski definition) is 3. The number of amides is 1. The Morgan fingerprint density at radius 3 is 2.76 bits per heavy atom. The second kappa shape index (κ2) is 6.41. The zero-order valence-electron chi connectivity index (χ0n) is 14.0. The van der Waals surface area contributed by atoms with E-state index in [-0.39, 0.29) is 5.91 Å². The van der Waals surface area contributed by atoms with Crippen LogP contribution >= 0.6 is 11.6 Å². The van der Waals surface area contributed by atoms with E-state index in [0.29, 0.717) is 11.4 Å². The second-order valence-corrected chi connectivity index (χ2v) is 6.62. The normalized spacial score (nSPS) is 13.8. The Morgan fingerprint density at radius 2 is 2.00 bits per heavy atom. The third kappa shape index (κ3) is 3.07. The Hall–Kier alpha value is -2.53. The largest absolute Gasteiger partial charge is 0.362 e.